The maximum Gasteiger partial charge on any atom is 0.222 e. The van der Waals surface area contributed by atoms with Crippen molar-refractivity contribution >= 4 is 5.91 Å². The summed E-state index contributed by atoms with van der Waals surface area (Å²) in [6.45, 7) is 3.80. The first-order valence-electron chi connectivity index (χ1n) is 8.33. The Hall–Kier alpha value is -2.28. The molecule has 1 fully saturated rings. The third-order valence-electron chi connectivity index (χ3n) is 4.11. The van der Waals surface area contributed by atoms with E-state index in [-0.39, 0.29) is 5.91 Å². The molecule has 0 radical (unpaired) electrons. The van der Waals surface area contributed by atoms with E-state index < -0.39 is 0 Å². The zero-order valence-corrected chi connectivity index (χ0v) is 14.2. The molecule has 0 unspecified atom stereocenters. The summed E-state index contributed by atoms with van der Waals surface area (Å²) in [6.07, 6.45) is 3.38. The Morgan fingerprint density at radius 3 is 2.88 bits per heavy atom. The van der Waals surface area contributed by atoms with Gasteiger partial charge in [0.2, 0.25) is 5.91 Å². The maximum absolute atomic E-state index is 12.0. The van der Waals surface area contributed by atoms with Crippen LogP contribution < -0.4 is 0 Å². The van der Waals surface area contributed by atoms with E-state index in [0.29, 0.717) is 31.8 Å². The van der Waals surface area contributed by atoms with E-state index in [9.17, 15) is 4.79 Å². The molecule has 1 saturated heterocycles. The molecule has 0 spiro atoms. The zero-order valence-electron chi connectivity index (χ0n) is 14.2. The molecule has 1 aliphatic heterocycles. The van der Waals surface area contributed by atoms with E-state index in [2.05, 4.69) is 15.1 Å². The van der Waals surface area contributed by atoms with E-state index in [0.717, 1.165) is 36.7 Å². The highest BCUT2D eigenvalue weighted by molar-refractivity contribution is 5.76. The number of rotatable bonds is 6. The highest BCUT2D eigenvalue weighted by Gasteiger charge is 2.19. The van der Waals surface area contributed by atoms with Crippen LogP contribution in [0.3, 0.4) is 0 Å². The number of likely N-dealkylation sites (tertiary alicyclic amines) is 1. The SMILES string of the molecule is COCc1nc(CCN2CCCCC2=O)n(-c2cccc(C)n2)n1. The van der Waals surface area contributed by atoms with Gasteiger partial charge >= 0.3 is 0 Å². The quantitative estimate of drug-likeness (QED) is 0.806. The van der Waals surface area contributed by atoms with Crippen molar-refractivity contribution in [2.45, 2.75) is 39.2 Å². The average molecular weight is 329 g/mol. The second-order valence-corrected chi connectivity index (χ2v) is 6.01. The summed E-state index contributed by atoms with van der Waals surface area (Å²) in [5.74, 6) is 2.40. The van der Waals surface area contributed by atoms with Crippen molar-refractivity contribution in [3.05, 3.63) is 35.5 Å². The number of aryl methyl sites for hydroxylation is 1. The lowest BCUT2D eigenvalue weighted by Gasteiger charge is -2.26. The van der Waals surface area contributed by atoms with Gasteiger partial charge in [-0.3, -0.25) is 4.79 Å². The number of hydrogen-bond acceptors (Lipinski definition) is 5. The first-order chi connectivity index (χ1) is 11.7. The van der Waals surface area contributed by atoms with Crippen molar-refractivity contribution in [1.82, 2.24) is 24.6 Å². The monoisotopic (exact) mass is 329 g/mol. The Bertz CT molecular complexity index is 713. The van der Waals surface area contributed by atoms with Gasteiger partial charge in [-0.1, -0.05) is 6.07 Å². The van der Waals surface area contributed by atoms with Gasteiger partial charge in [-0.2, -0.15) is 4.68 Å². The van der Waals surface area contributed by atoms with Crippen LogP contribution in [0, 0.1) is 6.92 Å². The van der Waals surface area contributed by atoms with Crippen LogP contribution in [-0.4, -0.2) is 50.8 Å². The summed E-state index contributed by atoms with van der Waals surface area (Å²) >= 11 is 0. The Kier molecular flexibility index (Phi) is 5.20. The molecular weight excluding hydrogens is 306 g/mol. The molecule has 3 rings (SSSR count). The van der Waals surface area contributed by atoms with E-state index in [1.165, 1.54) is 0 Å². The molecule has 7 heteroatoms. The Labute approximate surface area is 141 Å². The van der Waals surface area contributed by atoms with E-state index >= 15 is 0 Å². The molecule has 1 aliphatic rings. The summed E-state index contributed by atoms with van der Waals surface area (Å²) in [7, 11) is 1.62. The normalized spacial score (nSPS) is 15.1. The van der Waals surface area contributed by atoms with Gasteiger partial charge in [-0.25, -0.2) is 9.97 Å². The van der Waals surface area contributed by atoms with E-state index in [4.69, 9.17) is 4.74 Å². The molecule has 2 aromatic heterocycles. The predicted molar refractivity (Wildman–Crippen MR) is 88.7 cm³/mol. The number of ether oxygens (including phenoxy) is 1. The summed E-state index contributed by atoms with van der Waals surface area (Å²) in [5.41, 5.74) is 0.924. The molecule has 0 saturated carbocycles. The number of methoxy groups -OCH3 is 1. The van der Waals surface area contributed by atoms with Crippen molar-refractivity contribution in [1.29, 1.82) is 0 Å². The summed E-state index contributed by atoms with van der Waals surface area (Å²) in [5, 5.41) is 4.51. The van der Waals surface area contributed by atoms with Crippen LogP contribution >= 0.6 is 0 Å². The van der Waals surface area contributed by atoms with Gasteiger partial charge in [0.25, 0.3) is 0 Å². The first-order valence-corrected chi connectivity index (χ1v) is 8.33. The zero-order chi connectivity index (χ0) is 16.9. The molecule has 0 aliphatic carbocycles. The minimum absolute atomic E-state index is 0.234. The molecule has 0 bridgehead atoms. The molecule has 0 aromatic carbocycles. The van der Waals surface area contributed by atoms with Crippen LogP contribution in [0.2, 0.25) is 0 Å². The molecule has 0 N–H and O–H groups in total. The number of piperidine rings is 1. The van der Waals surface area contributed by atoms with Gasteiger partial charge in [0.05, 0.1) is 0 Å². The van der Waals surface area contributed by atoms with Gasteiger partial charge < -0.3 is 9.64 Å². The fraction of sp³-hybridized carbons (Fsp3) is 0.529. The van der Waals surface area contributed by atoms with Gasteiger partial charge in [0, 0.05) is 38.7 Å². The second kappa shape index (κ2) is 7.53. The topological polar surface area (TPSA) is 73.1 Å². The van der Waals surface area contributed by atoms with Crippen LogP contribution in [-0.2, 0) is 22.6 Å². The average Bonchev–Trinajstić information content (AvgIpc) is 2.97. The van der Waals surface area contributed by atoms with Gasteiger partial charge in [-0.15, -0.1) is 5.10 Å². The van der Waals surface area contributed by atoms with E-state index in [1.54, 1.807) is 11.8 Å². The molecule has 0 atom stereocenters. The van der Waals surface area contributed by atoms with Crippen molar-refractivity contribution in [2.24, 2.45) is 0 Å². The van der Waals surface area contributed by atoms with Gasteiger partial charge in [0.1, 0.15) is 12.4 Å². The molecule has 1 amide bonds. The van der Waals surface area contributed by atoms with Crippen molar-refractivity contribution in [2.75, 3.05) is 20.2 Å². The standard InChI is InChI=1S/C17H23N5O2/c1-13-6-5-7-15(18-13)22-16(19-14(20-22)12-24-2)9-11-21-10-4-3-8-17(21)23/h5-7H,3-4,8-12H2,1-2H3. The smallest absolute Gasteiger partial charge is 0.222 e. The number of hydrogen-bond donors (Lipinski definition) is 0. The van der Waals surface area contributed by atoms with Gasteiger partial charge in [0.15, 0.2) is 11.6 Å². The maximum atomic E-state index is 12.0. The Morgan fingerprint density at radius 1 is 1.25 bits per heavy atom. The lowest BCUT2D eigenvalue weighted by atomic mass is 10.1. The highest BCUT2D eigenvalue weighted by Crippen LogP contribution is 2.13. The number of nitrogens with zero attached hydrogens (tertiary/aromatic N) is 5. The molecule has 3 heterocycles. The number of amides is 1. The molecular formula is C17H23N5O2. The van der Waals surface area contributed by atoms with Crippen LogP contribution in [0.4, 0.5) is 0 Å². The number of carbonyl (C=O) groups is 1. The van der Waals surface area contributed by atoms with Gasteiger partial charge in [-0.05, 0) is 31.9 Å². The highest BCUT2D eigenvalue weighted by atomic mass is 16.5. The predicted octanol–water partition coefficient (Wildman–Crippen LogP) is 1.67. The minimum Gasteiger partial charge on any atom is -0.377 e. The summed E-state index contributed by atoms with van der Waals surface area (Å²) in [6, 6.07) is 5.81. The fourth-order valence-electron chi connectivity index (χ4n) is 2.91. The molecule has 128 valence electrons. The number of aromatic nitrogens is 4. The lowest BCUT2D eigenvalue weighted by molar-refractivity contribution is -0.133. The summed E-state index contributed by atoms with van der Waals surface area (Å²) in [4.78, 5) is 23.0. The third kappa shape index (κ3) is 3.79. The molecule has 7 nitrogen and oxygen atoms in total. The van der Waals surface area contributed by atoms with Crippen LogP contribution in [0.15, 0.2) is 18.2 Å². The van der Waals surface area contributed by atoms with Crippen LogP contribution in [0.5, 0.6) is 0 Å². The lowest BCUT2D eigenvalue weighted by Crippen LogP contribution is -2.37. The number of carbonyl (C=O) groups excluding carboxylic acids is 1. The molecule has 24 heavy (non-hydrogen) atoms. The number of pyridine rings is 1. The summed E-state index contributed by atoms with van der Waals surface area (Å²) < 4.78 is 6.90. The van der Waals surface area contributed by atoms with E-state index in [1.807, 2.05) is 30.0 Å². The van der Waals surface area contributed by atoms with Crippen LogP contribution in [0.25, 0.3) is 5.82 Å². The first kappa shape index (κ1) is 16.6. The van der Waals surface area contributed by atoms with Crippen LogP contribution in [0.1, 0.15) is 36.6 Å². The van der Waals surface area contributed by atoms with Crippen molar-refractivity contribution in [3.8, 4) is 5.82 Å². The Morgan fingerprint density at radius 2 is 2.12 bits per heavy atom. The fourth-order valence-corrected chi connectivity index (χ4v) is 2.91. The second-order valence-electron chi connectivity index (χ2n) is 6.01. The third-order valence-corrected chi connectivity index (χ3v) is 4.11. The van der Waals surface area contributed by atoms with Crippen molar-refractivity contribution < 1.29 is 9.53 Å². The largest absolute Gasteiger partial charge is 0.377 e. The van der Waals surface area contributed by atoms with Crippen molar-refractivity contribution in [3.63, 3.8) is 0 Å². The molecule has 2 aromatic rings. The minimum atomic E-state index is 0.234. The Balaban J connectivity index is 1.81.